The number of nitrogens with one attached hydrogen (secondary N) is 3. The van der Waals surface area contributed by atoms with Crippen LogP contribution in [0, 0.1) is 5.82 Å². The summed E-state index contributed by atoms with van der Waals surface area (Å²) < 4.78 is 20.3. The van der Waals surface area contributed by atoms with E-state index >= 15 is 0 Å². The molecule has 4 N–H and O–H groups in total. The Morgan fingerprint density at radius 2 is 2.19 bits per heavy atom. The van der Waals surface area contributed by atoms with Crippen molar-refractivity contribution in [3.05, 3.63) is 58.8 Å². The second-order valence-electron chi connectivity index (χ2n) is 7.70. The van der Waals surface area contributed by atoms with E-state index in [1.807, 2.05) is 0 Å². The van der Waals surface area contributed by atoms with Crippen LogP contribution in [0.5, 0.6) is 5.75 Å². The van der Waals surface area contributed by atoms with E-state index in [-0.39, 0.29) is 34.3 Å². The first-order valence-electron chi connectivity index (χ1n) is 10.0. The van der Waals surface area contributed by atoms with E-state index in [4.69, 9.17) is 16.3 Å². The van der Waals surface area contributed by atoms with E-state index in [9.17, 15) is 14.3 Å². The Bertz CT molecular complexity index is 1160. The molecule has 1 fully saturated rings. The Hall–Kier alpha value is -3.10. The highest BCUT2D eigenvalue weighted by Crippen LogP contribution is 2.43. The second kappa shape index (κ2) is 7.86. The zero-order chi connectivity index (χ0) is 21.5. The number of para-hydroxylation sites is 1. The molecule has 0 saturated carbocycles. The highest BCUT2D eigenvalue weighted by atomic mass is 35.5. The van der Waals surface area contributed by atoms with Gasteiger partial charge < -0.3 is 25.5 Å². The molecule has 5 rings (SSSR count). The second-order valence-corrected chi connectivity index (χ2v) is 8.11. The molecule has 4 heterocycles. The van der Waals surface area contributed by atoms with Crippen LogP contribution >= 0.6 is 11.6 Å². The number of benzene rings is 1. The molecular weight excluding hydrogens is 423 g/mol. The molecule has 31 heavy (non-hydrogen) atoms. The van der Waals surface area contributed by atoms with Crippen LogP contribution in [-0.2, 0) is 4.74 Å². The van der Waals surface area contributed by atoms with Crippen LogP contribution in [0.15, 0.2) is 36.7 Å². The zero-order valence-corrected chi connectivity index (χ0v) is 17.2. The van der Waals surface area contributed by atoms with Gasteiger partial charge in [0.05, 0.1) is 40.0 Å². The number of phenolic OH excluding ortho intramolecular Hbond substituents is 1. The molecule has 2 aliphatic rings. The van der Waals surface area contributed by atoms with Crippen molar-refractivity contribution in [3.63, 3.8) is 0 Å². The summed E-state index contributed by atoms with van der Waals surface area (Å²) in [6, 6.07) is 6.40. The molecule has 0 unspecified atom stereocenters. The third-order valence-electron chi connectivity index (χ3n) is 5.80. The number of aromatic nitrogens is 2. The van der Waals surface area contributed by atoms with Gasteiger partial charge >= 0.3 is 0 Å². The minimum absolute atomic E-state index is 0.00911. The molecule has 9 heteroatoms. The minimum Gasteiger partial charge on any atom is -0.504 e. The number of halogens is 2. The topological polar surface area (TPSA) is 99.3 Å². The number of rotatable bonds is 5. The van der Waals surface area contributed by atoms with Crippen molar-refractivity contribution in [1.29, 1.82) is 0 Å². The predicted molar refractivity (Wildman–Crippen MR) is 114 cm³/mol. The molecule has 2 aliphatic heterocycles. The molecule has 3 aromatic rings. The van der Waals surface area contributed by atoms with Gasteiger partial charge in [-0.25, -0.2) is 4.39 Å². The quantitative estimate of drug-likeness (QED) is 0.441. The third-order valence-corrected chi connectivity index (χ3v) is 6.11. The number of phenols is 1. The number of nitrogens with zero attached hydrogens (tertiary/aromatic N) is 1. The van der Waals surface area contributed by atoms with E-state index in [0.717, 1.165) is 31.3 Å². The Morgan fingerprint density at radius 1 is 1.35 bits per heavy atom. The lowest BCUT2D eigenvalue weighted by molar-refractivity contribution is -0.0582. The van der Waals surface area contributed by atoms with Crippen molar-refractivity contribution in [2.75, 3.05) is 18.5 Å². The molecule has 160 valence electrons. The Morgan fingerprint density at radius 3 is 2.94 bits per heavy atom. The number of aromatic amines is 1. The van der Waals surface area contributed by atoms with E-state index in [2.05, 4.69) is 20.6 Å². The third kappa shape index (κ3) is 3.51. The summed E-state index contributed by atoms with van der Waals surface area (Å²) in [6.07, 6.45) is 4.47. The molecule has 1 amide bonds. The molecule has 0 aliphatic carbocycles. The van der Waals surface area contributed by atoms with Gasteiger partial charge in [-0.1, -0.05) is 17.7 Å². The van der Waals surface area contributed by atoms with Crippen molar-refractivity contribution >= 4 is 28.9 Å². The normalized spacial score (nSPS) is 20.0. The maximum Gasteiger partial charge on any atom is 0.255 e. The molecule has 0 radical (unpaired) electrons. The highest BCUT2D eigenvalue weighted by molar-refractivity contribution is 6.32. The van der Waals surface area contributed by atoms with Crippen molar-refractivity contribution in [3.8, 4) is 17.0 Å². The lowest BCUT2D eigenvalue weighted by Gasteiger charge is -2.32. The fourth-order valence-electron chi connectivity index (χ4n) is 4.11. The number of pyridine rings is 1. The lowest BCUT2D eigenvalue weighted by Crippen LogP contribution is -2.38. The summed E-state index contributed by atoms with van der Waals surface area (Å²) in [5.41, 5.74) is 2.45. The van der Waals surface area contributed by atoms with Gasteiger partial charge in [-0.05, 0) is 31.0 Å². The SMILES string of the molecule is O=C1NC[C@@H](C[C@H]2CCO2)c2[nH]c(-c3ccncc3F)c(Nc3cccc(Cl)c3O)c21. The Kier molecular flexibility index (Phi) is 5.03. The summed E-state index contributed by atoms with van der Waals surface area (Å²) in [5.74, 6) is -0.971. The molecule has 1 saturated heterocycles. The van der Waals surface area contributed by atoms with Gasteiger partial charge in [0.1, 0.15) is 0 Å². The average Bonchev–Trinajstić information content (AvgIpc) is 3.10. The maximum atomic E-state index is 14.7. The number of carbonyl (C=O) groups excluding carboxylic acids is 1. The number of amides is 1. The van der Waals surface area contributed by atoms with Crippen molar-refractivity contribution < 1.29 is 19.0 Å². The number of hydrogen-bond donors (Lipinski definition) is 4. The summed E-state index contributed by atoms with van der Waals surface area (Å²) in [6.45, 7) is 1.21. The summed E-state index contributed by atoms with van der Waals surface area (Å²) in [5, 5.41) is 16.6. The fraction of sp³-hybridized carbons (Fsp3) is 0.273. The number of carbonyl (C=O) groups is 1. The number of H-pyrrole nitrogens is 1. The van der Waals surface area contributed by atoms with Gasteiger partial charge in [0, 0.05) is 36.5 Å². The highest BCUT2D eigenvalue weighted by Gasteiger charge is 2.35. The van der Waals surface area contributed by atoms with Crippen molar-refractivity contribution in [1.82, 2.24) is 15.3 Å². The van der Waals surface area contributed by atoms with Crippen LogP contribution in [0.2, 0.25) is 5.02 Å². The number of fused-ring (bicyclic) bond motifs is 1. The first kappa shape index (κ1) is 19.8. The molecule has 2 aromatic heterocycles. The van der Waals surface area contributed by atoms with E-state index in [1.165, 1.54) is 12.3 Å². The summed E-state index contributed by atoms with van der Waals surface area (Å²) in [4.78, 5) is 20.0. The van der Waals surface area contributed by atoms with Gasteiger partial charge in [-0.2, -0.15) is 0 Å². The molecule has 7 nitrogen and oxygen atoms in total. The van der Waals surface area contributed by atoms with Gasteiger partial charge in [0.2, 0.25) is 0 Å². The van der Waals surface area contributed by atoms with E-state index in [1.54, 1.807) is 18.2 Å². The number of aromatic hydroxyl groups is 1. The zero-order valence-electron chi connectivity index (χ0n) is 16.4. The molecular formula is C22H20ClFN4O3. The monoisotopic (exact) mass is 442 g/mol. The Balaban J connectivity index is 1.66. The van der Waals surface area contributed by atoms with E-state index in [0.29, 0.717) is 29.2 Å². The fourth-order valence-corrected chi connectivity index (χ4v) is 4.29. The molecule has 0 bridgehead atoms. The standard InChI is InChI=1S/C22H20ClFN4O3/c23-14-2-1-3-16(21(14)29)27-20-17-18(28-19(20)13-4-6-25-10-15(13)24)11(9-26-22(17)30)8-12-5-7-31-12/h1-4,6,10-12,27-29H,5,7-9H2,(H,26,30)/t11-,12-/m1/s1. The van der Waals surface area contributed by atoms with Gasteiger partial charge in [-0.3, -0.25) is 9.78 Å². The minimum atomic E-state index is -0.529. The van der Waals surface area contributed by atoms with Gasteiger partial charge in [0.15, 0.2) is 11.6 Å². The van der Waals surface area contributed by atoms with Gasteiger partial charge in [0.25, 0.3) is 5.91 Å². The number of hydrogen-bond acceptors (Lipinski definition) is 5. The molecule has 0 spiro atoms. The predicted octanol–water partition coefficient (Wildman–Crippen LogP) is 4.32. The average molecular weight is 443 g/mol. The number of ether oxygens (including phenoxy) is 1. The largest absolute Gasteiger partial charge is 0.504 e. The summed E-state index contributed by atoms with van der Waals surface area (Å²) in [7, 11) is 0. The van der Waals surface area contributed by atoms with Crippen LogP contribution < -0.4 is 10.6 Å². The maximum absolute atomic E-state index is 14.7. The first-order chi connectivity index (χ1) is 15.0. The lowest BCUT2D eigenvalue weighted by atomic mass is 9.89. The van der Waals surface area contributed by atoms with Crippen LogP contribution in [0.4, 0.5) is 15.8 Å². The van der Waals surface area contributed by atoms with Gasteiger partial charge in [-0.15, -0.1) is 0 Å². The summed E-state index contributed by atoms with van der Waals surface area (Å²) >= 11 is 6.05. The Labute approximate surface area is 182 Å². The number of anilines is 2. The van der Waals surface area contributed by atoms with Crippen molar-refractivity contribution in [2.45, 2.75) is 24.9 Å². The van der Waals surface area contributed by atoms with Crippen LogP contribution in [0.1, 0.15) is 34.8 Å². The van der Waals surface area contributed by atoms with Crippen LogP contribution in [0.25, 0.3) is 11.3 Å². The van der Waals surface area contributed by atoms with E-state index < -0.39 is 5.82 Å². The first-order valence-corrected chi connectivity index (χ1v) is 10.4. The molecule has 1 aromatic carbocycles. The van der Waals surface area contributed by atoms with Crippen molar-refractivity contribution in [2.24, 2.45) is 0 Å². The van der Waals surface area contributed by atoms with Crippen LogP contribution in [0.3, 0.4) is 0 Å². The van der Waals surface area contributed by atoms with Crippen LogP contribution in [-0.4, -0.2) is 40.2 Å². The smallest absolute Gasteiger partial charge is 0.255 e. The molecule has 2 atom stereocenters.